The average molecular weight is 380 g/mol. The number of carbonyl (C=O) groups excluding carboxylic acids is 3. The van der Waals surface area contributed by atoms with E-state index in [2.05, 4.69) is 20.8 Å². The molecule has 0 aliphatic heterocycles. The number of methoxy groups -OCH3 is 2. The van der Waals surface area contributed by atoms with Gasteiger partial charge in [-0.15, -0.1) is 0 Å². The summed E-state index contributed by atoms with van der Waals surface area (Å²) in [5.74, 6) is -0.673. The maximum Gasteiger partial charge on any atom is 0.333 e. The zero-order chi connectivity index (χ0) is 20.4. The summed E-state index contributed by atoms with van der Waals surface area (Å²) < 4.78 is 15.6. The lowest BCUT2D eigenvalue weighted by molar-refractivity contribution is -0.173. The second-order valence-electron chi connectivity index (χ2n) is 8.38. The molecule has 0 aromatic rings. The predicted octanol–water partition coefficient (Wildman–Crippen LogP) is 3.43. The molecule has 6 nitrogen and oxygen atoms in total. The highest BCUT2D eigenvalue weighted by Gasteiger charge is 2.59. The number of carbonyl (C=O) groups is 3. The van der Waals surface area contributed by atoms with E-state index in [9.17, 15) is 14.4 Å². The van der Waals surface area contributed by atoms with Crippen molar-refractivity contribution in [2.24, 2.45) is 22.7 Å². The van der Waals surface area contributed by atoms with Crippen LogP contribution in [0.5, 0.6) is 0 Å². The highest BCUT2D eigenvalue weighted by Crippen LogP contribution is 2.62. The van der Waals surface area contributed by atoms with Crippen LogP contribution in [0.3, 0.4) is 0 Å². The smallest absolute Gasteiger partial charge is 0.333 e. The zero-order valence-electron chi connectivity index (χ0n) is 17.3. The molecule has 1 saturated carbocycles. The minimum absolute atomic E-state index is 0.0566. The van der Waals surface area contributed by atoms with Crippen molar-refractivity contribution in [1.29, 1.82) is 0 Å². The first-order valence-corrected chi connectivity index (χ1v) is 9.63. The van der Waals surface area contributed by atoms with Gasteiger partial charge in [-0.05, 0) is 42.9 Å². The topological polar surface area (TPSA) is 78.9 Å². The molecule has 2 aliphatic rings. The van der Waals surface area contributed by atoms with Crippen molar-refractivity contribution >= 4 is 17.9 Å². The van der Waals surface area contributed by atoms with Crippen LogP contribution >= 0.6 is 0 Å². The first-order chi connectivity index (χ1) is 12.6. The molecule has 0 N–H and O–H groups in total. The molecule has 0 heterocycles. The Morgan fingerprint density at radius 2 is 1.85 bits per heavy atom. The van der Waals surface area contributed by atoms with E-state index in [4.69, 9.17) is 14.2 Å². The minimum atomic E-state index is -0.469. The molecular weight excluding hydrogens is 348 g/mol. The number of rotatable bonds is 5. The van der Waals surface area contributed by atoms with Gasteiger partial charge < -0.3 is 14.2 Å². The van der Waals surface area contributed by atoms with Crippen molar-refractivity contribution in [2.45, 2.75) is 65.9 Å². The Balaban J connectivity index is 2.48. The maximum absolute atomic E-state index is 12.5. The number of ether oxygens (including phenoxy) is 3. The van der Waals surface area contributed by atoms with Crippen molar-refractivity contribution in [3.05, 3.63) is 11.6 Å². The normalized spacial score (nSPS) is 35.5. The molecule has 0 spiro atoms. The molecule has 152 valence electrons. The Hall–Kier alpha value is -1.85. The molecule has 0 amide bonds. The monoisotopic (exact) mass is 380 g/mol. The summed E-state index contributed by atoms with van der Waals surface area (Å²) in [4.78, 5) is 36.0. The van der Waals surface area contributed by atoms with Gasteiger partial charge in [-0.25, -0.2) is 4.79 Å². The van der Waals surface area contributed by atoms with Crippen molar-refractivity contribution in [2.75, 3.05) is 14.2 Å². The third-order valence-corrected chi connectivity index (χ3v) is 7.03. The van der Waals surface area contributed by atoms with Crippen LogP contribution in [0.1, 0.15) is 59.8 Å². The van der Waals surface area contributed by atoms with Gasteiger partial charge in [-0.3, -0.25) is 9.59 Å². The average Bonchev–Trinajstić information content (AvgIpc) is 2.62. The lowest BCUT2D eigenvalue weighted by Crippen LogP contribution is -2.57. The van der Waals surface area contributed by atoms with Crippen molar-refractivity contribution < 1.29 is 28.6 Å². The second kappa shape index (κ2) is 8.03. The Kier molecular flexibility index (Phi) is 6.38. The Labute approximate surface area is 161 Å². The molecular formula is C21H32O6. The van der Waals surface area contributed by atoms with E-state index >= 15 is 0 Å². The first kappa shape index (κ1) is 21.5. The van der Waals surface area contributed by atoms with Gasteiger partial charge in [0.05, 0.1) is 14.2 Å². The fourth-order valence-electron chi connectivity index (χ4n) is 5.44. The molecule has 5 atom stereocenters. The third kappa shape index (κ3) is 3.90. The van der Waals surface area contributed by atoms with Crippen LogP contribution in [0.4, 0.5) is 0 Å². The summed E-state index contributed by atoms with van der Waals surface area (Å²) in [5.41, 5.74) is -0.0906. The fourth-order valence-corrected chi connectivity index (χ4v) is 5.44. The van der Waals surface area contributed by atoms with Crippen LogP contribution in [0, 0.1) is 22.7 Å². The van der Waals surface area contributed by atoms with Crippen molar-refractivity contribution in [3.63, 3.8) is 0 Å². The fraction of sp³-hybridized carbons (Fsp3) is 0.762. The SMILES string of the molecule is COC(=O)CC[C@]1(C)[C@@H](C)[C@@H](OC(C)=O)C[C@]2(C)C(C(=O)OC)=CCC[C@@H]12. The quantitative estimate of drug-likeness (QED) is 0.537. The molecule has 27 heavy (non-hydrogen) atoms. The summed E-state index contributed by atoms with van der Waals surface area (Å²) in [6, 6.07) is 0. The summed E-state index contributed by atoms with van der Waals surface area (Å²) in [6.45, 7) is 7.71. The van der Waals surface area contributed by atoms with Crippen molar-refractivity contribution in [1.82, 2.24) is 0 Å². The predicted molar refractivity (Wildman–Crippen MR) is 99.6 cm³/mol. The van der Waals surface area contributed by atoms with E-state index in [1.54, 1.807) is 0 Å². The zero-order valence-corrected chi connectivity index (χ0v) is 17.3. The van der Waals surface area contributed by atoms with Crippen LogP contribution in [-0.4, -0.2) is 38.2 Å². The van der Waals surface area contributed by atoms with Gasteiger partial charge in [-0.1, -0.05) is 26.8 Å². The van der Waals surface area contributed by atoms with Gasteiger partial charge in [0.15, 0.2) is 0 Å². The van der Waals surface area contributed by atoms with Crippen LogP contribution in [0.2, 0.25) is 0 Å². The summed E-state index contributed by atoms with van der Waals surface area (Å²) in [6.07, 6.45) is 4.85. The van der Waals surface area contributed by atoms with Crippen molar-refractivity contribution in [3.8, 4) is 0 Å². The molecule has 0 saturated heterocycles. The van der Waals surface area contributed by atoms with Gasteiger partial charge in [-0.2, -0.15) is 0 Å². The third-order valence-electron chi connectivity index (χ3n) is 7.03. The lowest BCUT2D eigenvalue weighted by atomic mass is 9.46. The molecule has 2 aliphatic carbocycles. The number of esters is 3. The molecule has 0 aromatic carbocycles. The van der Waals surface area contributed by atoms with E-state index in [0.29, 0.717) is 24.8 Å². The number of hydrogen-bond acceptors (Lipinski definition) is 6. The minimum Gasteiger partial charge on any atom is -0.469 e. The van der Waals surface area contributed by atoms with E-state index in [1.807, 2.05) is 6.08 Å². The summed E-state index contributed by atoms with van der Waals surface area (Å²) in [7, 11) is 2.78. The van der Waals surface area contributed by atoms with Crippen LogP contribution < -0.4 is 0 Å². The molecule has 2 rings (SSSR count). The van der Waals surface area contributed by atoms with Crippen LogP contribution in [-0.2, 0) is 28.6 Å². The highest BCUT2D eigenvalue weighted by atomic mass is 16.5. The Morgan fingerprint density at radius 3 is 2.41 bits per heavy atom. The molecule has 0 bridgehead atoms. The van der Waals surface area contributed by atoms with E-state index in [0.717, 1.165) is 12.8 Å². The van der Waals surface area contributed by atoms with Gasteiger partial charge in [0.25, 0.3) is 0 Å². The standard InChI is InChI=1S/C21H32O6/c1-13-16(27-14(2)22)12-21(4)15(19(24)26-6)8-7-9-17(21)20(13,3)11-10-18(23)25-5/h8,13,16-17H,7,9-12H2,1-6H3/t13-,16-,17-,20+,21+/m0/s1. The largest absolute Gasteiger partial charge is 0.469 e. The molecule has 0 aromatic heterocycles. The van der Waals surface area contributed by atoms with Crippen LogP contribution in [0.15, 0.2) is 11.6 Å². The molecule has 0 radical (unpaired) electrons. The number of hydrogen-bond donors (Lipinski definition) is 0. The van der Waals surface area contributed by atoms with Crippen LogP contribution in [0.25, 0.3) is 0 Å². The first-order valence-electron chi connectivity index (χ1n) is 9.63. The summed E-state index contributed by atoms with van der Waals surface area (Å²) >= 11 is 0. The van der Waals surface area contributed by atoms with E-state index < -0.39 is 5.41 Å². The summed E-state index contributed by atoms with van der Waals surface area (Å²) in [5, 5.41) is 0. The van der Waals surface area contributed by atoms with Gasteiger partial charge in [0.1, 0.15) is 6.10 Å². The van der Waals surface area contributed by atoms with E-state index in [-0.39, 0.29) is 41.3 Å². The highest BCUT2D eigenvalue weighted by molar-refractivity contribution is 5.90. The second-order valence-corrected chi connectivity index (χ2v) is 8.38. The number of allylic oxidation sites excluding steroid dienone is 1. The Morgan fingerprint density at radius 1 is 1.19 bits per heavy atom. The molecule has 0 unspecified atom stereocenters. The van der Waals surface area contributed by atoms with Gasteiger partial charge >= 0.3 is 17.9 Å². The maximum atomic E-state index is 12.5. The molecule has 1 fully saturated rings. The van der Waals surface area contributed by atoms with Gasteiger partial charge in [0, 0.05) is 24.3 Å². The Bertz CT molecular complexity index is 639. The number of fused-ring (bicyclic) bond motifs is 1. The lowest BCUT2D eigenvalue weighted by Gasteiger charge is -2.59. The molecule has 6 heteroatoms. The van der Waals surface area contributed by atoms with E-state index in [1.165, 1.54) is 21.1 Å². The van der Waals surface area contributed by atoms with Gasteiger partial charge in [0.2, 0.25) is 0 Å².